The lowest BCUT2D eigenvalue weighted by Crippen LogP contribution is -2.12. The van der Waals surface area contributed by atoms with Gasteiger partial charge in [0.2, 0.25) is 0 Å². The fourth-order valence-electron chi connectivity index (χ4n) is 3.03. The number of hydrogen-bond acceptors (Lipinski definition) is 4. The molecule has 0 aliphatic carbocycles. The Kier molecular flexibility index (Phi) is 25.2. The summed E-state index contributed by atoms with van der Waals surface area (Å²) in [6.07, 6.45) is 18.8. The van der Waals surface area contributed by atoms with E-state index >= 15 is 0 Å². The smallest absolute Gasteiger partial charge is 0.333 e. The first-order valence-corrected chi connectivity index (χ1v) is 12.5. The first-order valence-electron chi connectivity index (χ1n) is 12.5. The van der Waals surface area contributed by atoms with Crippen molar-refractivity contribution >= 4 is 11.9 Å². The molecule has 0 spiro atoms. The van der Waals surface area contributed by atoms with Gasteiger partial charge in [0, 0.05) is 11.6 Å². The van der Waals surface area contributed by atoms with Crippen LogP contribution < -0.4 is 0 Å². The van der Waals surface area contributed by atoms with Gasteiger partial charge >= 0.3 is 11.9 Å². The zero-order chi connectivity index (χ0) is 23.7. The molecule has 0 saturated carbocycles. The number of carbonyl (C=O) groups excluding carboxylic acids is 2. The second-order valence-electron chi connectivity index (χ2n) is 8.35. The highest BCUT2D eigenvalue weighted by atomic mass is 16.5. The van der Waals surface area contributed by atoms with E-state index in [2.05, 4.69) is 33.9 Å². The van der Waals surface area contributed by atoms with Gasteiger partial charge in [-0.1, -0.05) is 111 Å². The van der Waals surface area contributed by atoms with Crippen molar-refractivity contribution in [3.8, 4) is 0 Å². The SMILES string of the molecule is C=C(C)C(=O)OCCCCCCCCCCCC.C=CC(=O)OCC(CC)CCCC. The molecule has 4 heteroatoms. The Morgan fingerprint density at radius 1 is 0.806 bits per heavy atom. The summed E-state index contributed by atoms with van der Waals surface area (Å²) < 4.78 is 10.0. The fraction of sp³-hybridized carbons (Fsp3) is 0.778. The van der Waals surface area contributed by atoms with Gasteiger partial charge in [-0.15, -0.1) is 0 Å². The van der Waals surface area contributed by atoms with Crippen molar-refractivity contribution in [3.63, 3.8) is 0 Å². The van der Waals surface area contributed by atoms with E-state index in [0.29, 0.717) is 24.7 Å². The Hall–Kier alpha value is -1.58. The van der Waals surface area contributed by atoms with Gasteiger partial charge in [0.25, 0.3) is 0 Å². The lowest BCUT2D eigenvalue weighted by Gasteiger charge is -2.13. The molecule has 182 valence electrons. The second-order valence-corrected chi connectivity index (χ2v) is 8.35. The van der Waals surface area contributed by atoms with E-state index in [1.807, 2.05) is 0 Å². The van der Waals surface area contributed by atoms with Crippen LogP contribution in [0.1, 0.15) is 118 Å². The summed E-state index contributed by atoms with van der Waals surface area (Å²) in [5.41, 5.74) is 0.488. The van der Waals surface area contributed by atoms with Crippen LogP contribution in [-0.4, -0.2) is 25.2 Å². The molecule has 4 nitrogen and oxygen atoms in total. The van der Waals surface area contributed by atoms with Gasteiger partial charge in [0.15, 0.2) is 0 Å². The fourth-order valence-corrected chi connectivity index (χ4v) is 3.03. The van der Waals surface area contributed by atoms with Gasteiger partial charge in [-0.25, -0.2) is 9.59 Å². The van der Waals surface area contributed by atoms with Gasteiger partial charge in [-0.3, -0.25) is 0 Å². The summed E-state index contributed by atoms with van der Waals surface area (Å²) in [7, 11) is 0. The molecule has 0 amide bonds. The average Bonchev–Trinajstić information content (AvgIpc) is 2.77. The minimum Gasteiger partial charge on any atom is -0.462 e. The molecular weight excluding hydrogens is 388 g/mol. The molecule has 0 aliphatic heterocycles. The van der Waals surface area contributed by atoms with Crippen LogP contribution in [0.15, 0.2) is 24.8 Å². The zero-order valence-corrected chi connectivity index (χ0v) is 21.0. The van der Waals surface area contributed by atoms with Crippen LogP contribution in [0.3, 0.4) is 0 Å². The summed E-state index contributed by atoms with van der Waals surface area (Å²) in [5, 5.41) is 0. The van der Waals surface area contributed by atoms with Crippen molar-refractivity contribution in [1.29, 1.82) is 0 Å². The standard InChI is InChI=1S/C16H30O2.C11H20O2/c1-4-5-6-7-8-9-10-11-12-13-14-18-16(17)15(2)3;1-4-7-8-10(5-2)9-13-11(12)6-3/h2,4-14H2,1,3H3;6,10H,3-5,7-9H2,1-2H3. The molecule has 0 rings (SSSR count). The van der Waals surface area contributed by atoms with E-state index in [1.165, 1.54) is 76.7 Å². The average molecular weight is 439 g/mol. The Morgan fingerprint density at radius 2 is 1.32 bits per heavy atom. The minimum atomic E-state index is -0.310. The van der Waals surface area contributed by atoms with E-state index in [9.17, 15) is 9.59 Å². The molecule has 1 unspecified atom stereocenters. The first-order chi connectivity index (χ1) is 14.9. The molecule has 0 aliphatic rings. The number of unbranched alkanes of at least 4 members (excludes halogenated alkanes) is 10. The van der Waals surface area contributed by atoms with Crippen molar-refractivity contribution < 1.29 is 19.1 Å². The van der Waals surface area contributed by atoms with Gasteiger partial charge in [-0.05, 0) is 25.7 Å². The van der Waals surface area contributed by atoms with E-state index in [4.69, 9.17) is 9.47 Å². The summed E-state index contributed by atoms with van der Waals surface area (Å²) in [4.78, 5) is 21.8. The molecule has 0 aromatic rings. The van der Waals surface area contributed by atoms with Crippen molar-refractivity contribution in [2.75, 3.05) is 13.2 Å². The molecule has 31 heavy (non-hydrogen) atoms. The molecule has 0 fully saturated rings. The maximum Gasteiger partial charge on any atom is 0.333 e. The predicted molar refractivity (Wildman–Crippen MR) is 132 cm³/mol. The van der Waals surface area contributed by atoms with Crippen LogP contribution in [0.4, 0.5) is 0 Å². The highest BCUT2D eigenvalue weighted by Gasteiger charge is 2.07. The first kappa shape index (κ1) is 31.6. The number of hydrogen-bond donors (Lipinski definition) is 0. The zero-order valence-electron chi connectivity index (χ0n) is 21.0. The van der Waals surface area contributed by atoms with Crippen molar-refractivity contribution in [2.24, 2.45) is 5.92 Å². The topological polar surface area (TPSA) is 52.6 Å². The highest BCUT2D eigenvalue weighted by Crippen LogP contribution is 2.13. The van der Waals surface area contributed by atoms with Gasteiger partial charge in [0.05, 0.1) is 13.2 Å². The van der Waals surface area contributed by atoms with Crippen LogP contribution in [0.25, 0.3) is 0 Å². The maximum absolute atomic E-state index is 11.1. The Bertz CT molecular complexity index is 456. The third-order valence-electron chi connectivity index (χ3n) is 5.25. The molecular formula is C27H50O4. The van der Waals surface area contributed by atoms with Crippen LogP contribution in [0.2, 0.25) is 0 Å². The van der Waals surface area contributed by atoms with E-state index < -0.39 is 0 Å². The largest absolute Gasteiger partial charge is 0.462 e. The molecule has 0 aromatic carbocycles. The number of rotatable bonds is 19. The Balaban J connectivity index is 0. The van der Waals surface area contributed by atoms with Crippen molar-refractivity contribution in [3.05, 3.63) is 24.8 Å². The van der Waals surface area contributed by atoms with Crippen LogP contribution >= 0.6 is 0 Å². The van der Waals surface area contributed by atoms with Crippen LogP contribution in [-0.2, 0) is 19.1 Å². The number of carbonyl (C=O) groups is 2. The van der Waals surface area contributed by atoms with Crippen LogP contribution in [0, 0.1) is 5.92 Å². The molecule has 1 atom stereocenters. The van der Waals surface area contributed by atoms with Gasteiger partial charge in [-0.2, -0.15) is 0 Å². The Labute approximate surface area is 192 Å². The Morgan fingerprint density at radius 3 is 1.77 bits per heavy atom. The summed E-state index contributed by atoms with van der Waals surface area (Å²) in [6, 6.07) is 0. The summed E-state index contributed by atoms with van der Waals surface area (Å²) in [5.74, 6) is -0.0512. The molecule has 0 bridgehead atoms. The third kappa shape index (κ3) is 24.6. The van der Waals surface area contributed by atoms with E-state index in [1.54, 1.807) is 6.92 Å². The van der Waals surface area contributed by atoms with Gasteiger partial charge < -0.3 is 9.47 Å². The minimum absolute atomic E-state index is 0.258. The number of esters is 2. The molecule has 0 radical (unpaired) electrons. The monoisotopic (exact) mass is 438 g/mol. The van der Waals surface area contributed by atoms with Crippen molar-refractivity contribution in [2.45, 2.75) is 118 Å². The molecule has 0 aromatic heterocycles. The molecule has 0 saturated heterocycles. The lowest BCUT2D eigenvalue weighted by atomic mass is 10.0. The molecule has 0 heterocycles. The summed E-state index contributed by atoms with van der Waals surface area (Å²) >= 11 is 0. The predicted octanol–water partition coefficient (Wildman–Crippen LogP) is 7.96. The lowest BCUT2D eigenvalue weighted by molar-refractivity contribution is -0.140. The normalized spacial score (nSPS) is 11.1. The maximum atomic E-state index is 11.1. The van der Waals surface area contributed by atoms with E-state index in [0.717, 1.165) is 19.3 Å². The number of ether oxygens (including phenoxy) is 2. The highest BCUT2D eigenvalue weighted by molar-refractivity contribution is 5.86. The summed E-state index contributed by atoms with van der Waals surface area (Å²) in [6.45, 7) is 16.2. The van der Waals surface area contributed by atoms with Crippen molar-refractivity contribution in [1.82, 2.24) is 0 Å². The third-order valence-corrected chi connectivity index (χ3v) is 5.25. The quantitative estimate of drug-likeness (QED) is 0.117. The molecule has 0 N–H and O–H groups in total. The van der Waals surface area contributed by atoms with Crippen LogP contribution in [0.5, 0.6) is 0 Å². The van der Waals surface area contributed by atoms with Gasteiger partial charge in [0.1, 0.15) is 0 Å². The van der Waals surface area contributed by atoms with E-state index in [-0.39, 0.29) is 11.9 Å². The second kappa shape index (κ2) is 24.7.